The second-order valence-electron chi connectivity index (χ2n) is 2.19. The molecule has 0 spiro atoms. The number of hydrogen-bond donors (Lipinski definition) is 1. The van der Waals surface area contributed by atoms with Gasteiger partial charge in [-0.1, -0.05) is 5.16 Å². The van der Waals surface area contributed by atoms with Gasteiger partial charge in [-0.3, -0.25) is 0 Å². The number of hydrogen-bond acceptors (Lipinski definition) is 3. The molecule has 1 N–H and O–H groups in total. The fourth-order valence-corrected chi connectivity index (χ4v) is 0.802. The number of ether oxygens (including phenoxy) is 1. The zero-order chi connectivity index (χ0) is 9.68. The lowest BCUT2D eigenvalue weighted by atomic mass is 10.2. The van der Waals surface area contributed by atoms with Gasteiger partial charge in [0, 0.05) is 0 Å². The monoisotopic (exact) mass is 187 g/mol. The number of benzene rings is 1. The molecule has 0 aliphatic rings. The maximum absolute atomic E-state index is 11.7. The zero-order valence-electron chi connectivity index (χ0n) is 6.52. The van der Waals surface area contributed by atoms with Crippen LogP contribution < -0.4 is 4.74 Å². The van der Waals surface area contributed by atoms with E-state index in [0.717, 1.165) is 0 Å². The van der Waals surface area contributed by atoms with Crippen molar-refractivity contribution in [2.45, 2.75) is 6.61 Å². The molecule has 1 aromatic rings. The van der Waals surface area contributed by atoms with Crippen LogP contribution in [-0.2, 0) is 0 Å². The van der Waals surface area contributed by atoms with Crippen LogP contribution in [0, 0.1) is 0 Å². The van der Waals surface area contributed by atoms with Crippen LogP contribution in [0.5, 0.6) is 5.75 Å². The third kappa shape index (κ3) is 3.06. The minimum absolute atomic E-state index is 0.0742. The highest BCUT2D eigenvalue weighted by atomic mass is 19.3. The average molecular weight is 187 g/mol. The van der Waals surface area contributed by atoms with Crippen LogP contribution in [-0.4, -0.2) is 18.0 Å². The van der Waals surface area contributed by atoms with Gasteiger partial charge in [-0.05, 0) is 29.8 Å². The summed E-state index contributed by atoms with van der Waals surface area (Å²) in [5.41, 5.74) is 0.601. The smallest absolute Gasteiger partial charge is 0.387 e. The van der Waals surface area contributed by atoms with Crippen molar-refractivity contribution in [1.29, 1.82) is 0 Å². The first-order valence-electron chi connectivity index (χ1n) is 3.44. The topological polar surface area (TPSA) is 41.8 Å². The Morgan fingerprint density at radius 3 is 2.38 bits per heavy atom. The molecule has 5 heteroatoms. The van der Waals surface area contributed by atoms with Gasteiger partial charge < -0.3 is 9.94 Å². The lowest BCUT2D eigenvalue weighted by Crippen LogP contribution is -2.01. The SMILES string of the molecule is ON=Cc1ccc(OC(F)F)cc1. The van der Waals surface area contributed by atoms with E-state index >= 15 is 0 Å². The maximum Gasteiger partial charge on any atom is 0.387 e. The molecule has 0 atom stereocenters. The standard InChI is InChI=1S/C8H7F2NO2/c9-8(10)13-7-3-1-6(2-4-7)5-11-12/h1-5,8,12H. The van der Waals surface area contributed by atoms with Crippen LogP contribution in [0.15, 0.2) is 29.4 Å². The van der Waals surface area contributed by atoms with Gasteiger partial charge in [-0.25, -0.2) is 0 Å². The third-order valence-electron chi connectivity index (χ3n) is 1.31. The summed E-state index contributed by atoms with van der Waals surface area (Å²) in [6.07, 6.45) is 1.19. The molecule has 0 bridgehead atoms. The van der Waals surface area contributed by atoms with Crippen molar-refractivity contribution in [3.05, 3.63) is 29.8 Å². The molecular formula is C8H7F2NO2. The number of oxime groups is 1. The van der Waals surface area contributed by atoms with E-state index in [1.165, 1.54) is 30.5 Å². The number of nitrogens with zero attached hydrogens (tertiary/aromatic N) is 1. The molecule has 0 fully saturated rings. The van der Waals surface area contributed by atoms with Crippen LogP contribution in [0.2, 0.25) is 0 Å². The largest absolute Gasteiger partial charge is 0.435 e. The molecule has 0 saturated carbocycles. The van der Waals surface area contributed by atoms with Crippen LogP contribution in [0.3, 0.4) is 0 Å². The van der Waals surface area contributed by atoms with Crippen molar-refractivity contribution in [1.82, 2.24) is 0 Å². The third-order valence-corrected chi connectivity index (χ3v) is 1.31. The summed E-state index contributed by atoms with van der Waals surface area (Å²) in [5, 5.41) is 10.9. The summed E-state index contributed by atoms with van der Waals surface area (Å²) in [5.74, 6) is 0.0742. The summed E-state index contributed by atoms with van der Waals surface area (Å²) < 4.78 is 27.5. The Bertz CT molecular complexity index is 285. The van der Waals surface area contributed by atoms with Crippen LogP contribution in [0.1, 0.15) is 5.56 Å². The lowest BCUT2D eigenvalue weighted by Gasteiger charge is -2.03. The van der Waals surface area contributed by atoms with E-state index in [9.17, 15) is 8.78 Å². The highest BCUT2D eigenvalue weighted by Crippen LogP contribution is 2.13. The Morgan fingerprint density at radius 2 is 1.92 bits per heavy atom. The molecule has 0 aliphatic heterocycles. The minimum Gasteiger partial charge on any atom is -0.435 e. The second kappa shape index (κ2) is 4.39. The minimum atomic E-state index is -2.82. The molecule has 13 heavy (non-hydrogen) atoms. The number of rotatable bonds is 3. The van der Waals surface area contributed by atoms with Crippen molar-refractivity contribution in [2.24, 2.45) is 5.16 Å². The van der Waals surface area contributed by atoms with E-state index in [1.54, 1.807) is 0 Å². The van der Waals surface area contributed by atoms with Gasteiger partial charge in [0.2, 0.25) is 0 Å². The number of alkyl halides is 2. The predicted molar refractivity (Wildman–Crippen MR) is 42.5 cm³/mol. The molecule has 0 aromatic heterocycles. The van der Waals surface area contributed by atoms with Crippen LogP contribution >= 0.6 is 0 Å². The van der Waals surface area contributed by atoms with Crippen molar-refractivity contribution < 1.29 is 18.7 Å². The molecule has 3 nitrogen and oxygen atoms in total. The Labute approximate surface area is 73.2 Å². The molecule has 70 valence electrons. The van der Waals surface area contributed by atoms with Crippen LogP contribution in [0.25, 0.3) is 0 Å². The van der Waals surface area contributed by atoms with Crippen molar-refractivity contribution in [2.75, 3.05) is 0 Å². The van der Waals surface area contributed by atoms with E-state index in [-0.39, 0.29) is 5.75 Å². The van der Waals surface area contributed by atoms with Gasteiger partial charge in [0.1, 0.15) is 5.75 Å². The maximum atomic E-state index is 11.7. The highest BCUT2D eigenvalue weighted by Gasteiger charge is 2.02. The van der Waals surface area contributed by atoms with Crippen LogP contribution in [0.4, 0.5) is 8.78 Å². The molecule has 1 aromatic carbocycles. The van der Waals surface area contributed by atoms with E-state index < -0.39 is 6.61 Å². The zero-order valence-corrected chi connectivity index (χ0v) is 6.52. The fraction of sp³-hybridized carbons (Fsp3) is 0.125. The van der Waals surface area contributed by atoms with Gasteiger partial charge in [0.05, 0.1) is 6.21 Å². The first-order chi connectivity index (χ1) is 6.22. The molecule has 0 saturated heterocycles. The quantitative estimate of drug-likeness (QED) is 0.447. The molecule has 0 amide bonds. The van der Waals surface area contributed by atoms with E-state index in [1.807, 2.05) is 0 Å². The van der Waals surface area contributed by atoms with Gasteiger partial charge in [0.15, 0.2) is 0 Å². The lowest BCUT2D eigenvalue weighted by molar-refractivity contribution is -0.0498. The summed E-state index contributed by atoms with van der Waals surface area (Å²) in [7, 11) is 0. The predicted octanol–water partition coefficient (Wildman–Crippen LogP) is 2.10. The normalized spacial score (nSPS) is 11.0. The van der Waals surface area contributed by atoms with Gasteiger partial charge in [-0.2, -0.15) is 8.78 Å². The Hall–Kier alpha value is -1.65. The second-order valence-corrected chi connectivity index (χ2v) is 2.19. The number of halogens is 2. The summed E-state index contributed by atoms with van der Waals surface area (Å²) in [4.78, 5) is 0. The van der Waals surface area contributed by atoms with Crippen molar-refractivity contribution in [3.8, 4) is 5.75 Å². The molecule has 0 unspecified atom stereocenters. The molecule has 1 rings (SSSR count). The van der Waals surface area contributed by atoms with E-state index in [4.69, 9.17) is 5.21 Å². The first kappa shape index (κ1) is 9.44. The highest BCUT2D eigenvalue weighted by molar-refractivity contribution is 5.79. The summed E-state index contributed by atoms with van der Waals surface area (Å²) >= 11 is 0. The summed E-state index contributed by atoms with van der Waals surface area (Å²) in [6.45, 7) is -2.82. The summed E-state index contributed by atoms with van der Waals surface area (Å²) in [6, 6.07) is 5.72. The Morgan fingerprint density at radius 1 is 1.31 bits per heavy atom. The van der Waals surface area contributed by atoms with Crippen molar-refractivity contribution in [3.63, 3.8) is 0 Å². The van der Waals surface area contributed by atoms with Crippen molar-refractivity contribution >= 4 is 6.21 Å². The average Bonchev–Trinajstić information content (AvgIpc) is 2.08. The Kier molecular flexibility index (Phi) is 3.19. The van der Waals surface area contributed by atoms with Gasteiger partial charge >= 0.3 is 6.61 Å². The molecule has 0 radical (unpaired) electrons. The van der Waals surface area contributed by atoms with E-state index in [2.05, 4.69) is 9.89 Å². The first-order valence-corrected chi connectivity index (χ1v) is 3.44. The Balaban J connectivity index is 2.69. The fourth-order valence-electron chi connectivity index (χ4n) is 0.802. The molecule has 0 aliphatic carbocycles. The van der Waals surface area contributed by atoms with E-state index in [0.29, 0.717) is 5.56 Å². The van der Waals surface area contributed by atoms with Gasteiger partial charge in [0.25, 0.3) is 0 Å². The molecular weight excluding hydrogens is 180 g/mol. The van der Waals surface area contributed by atoms with Gasteiger partial charge in [-0.15, -0.1) is 0 Å². The molecule has 0 heterocycles.